The number of fused-ring (bicyclic) bond motifs is 1. The van der Waals surface area contributed by atoms with E-state index < -0.39 is 0 Å². The first-order chi connectivity index (χ1) is 13.4. The van der Waals surface area contributed by atoms with Gasteiger partial charge in [-0.1, -0.05) is 32.9 Å². The number of rotatable bonds is 6. The SMILES string of the molecule is COc1ccc(OCC(=O)N/N=C/c2ccc3cc[nH]c3c2)c(C(C)(C)C)c1. The second-order valence-corrected chi connectivity index (χ2v) is 7.52. The average molecular weight is 379 g/mol. The standard InChI is InChI=1S/C22H25N3O3/c1-22(2,3)18-12-17(27-4)7-8-20(18)28-14-21(26)25-24-13-15-5-6-16-9-10-23-19(16)11-15/h5-13,23H,14H2,1-4H3,(H,25,26)/b24-13+. The zero-order valence-corrected chi connectivity index (χ0v) is 16.6. The van der Waals surface area contributed by atoms with Crippen molar-refractivity contribution in [3.8, 4) is 11.5 Å². The third-order valence-electron chi connectivity index (χ3n) is 4.34. The number of carbonyl (C=O) groups is 1. The Morgan fingerprint density at radius 3 is 2.75 bits per heavy atom. The minimum atomic E-state index is -0.326. The van der Waals surface area contributed by atoms with E-state index in [1.54, 1.807) is 13.3 Å². The van der Waals surface area contributed by atoms with Crippen LogP contribution in [0.1, 0.15) is 31.9 Å². The minimum absolute atomic E-state index is 0.123. The summed E-state index contributed by atoms with van der Waals surface area (Å²) in [5.41, 5.74) is 5.24. The summed E-state index contributed by atoms with van der Waals surface area (Å²) >= 11 is 0. The van der Waals surface area contributed by atoms with Crippen LogP contribution in [0.3, 0.4) is 0 Å². The van der Waals surface area contributed by atoms with Gasteiger partial charge in [-0.15, -0.1) is 0 Å². The van der Waals surface area contributed by atoms with Crippen LogP contribution in [0, 0.1) is 0 Å². The lowest BCUT2D eigenvalue weighted by atomic mass is 9.86. The van der Waals surface area contributed by atoms with Crippen molar-refractivity contribution in [1.82, 2.24) is 10.4 Å². The first-order valence-electron chi connectivity index (χ1n) is 9.07. The topological polar surface area (TPSA) is 75.7 Å². The Morgan fingerprint density at radius 2 is 2.00 bits per heavy atom. The van der Waals surface area contributed by atoms with Crippen molar-refractivity contribution in [2.45, 2.75) is 26.2 Å². The van der Waals surface area contributed by atoms with Crippen molar-refractivity contribution in [1.29, 1.82) is 0 Å². The van der Waals surface area contributed by atoms with Crippen LogP contribution in [0.15, 0.2) is 53.8 Å². The zero-order valence-electron chi connectivity index (χ0n) is 16.6. The highest BCUT2D eigenvalue weighted by Crippen LogP contribution is 2.34. The van der Waals surface area contributed by atoms with Crippen LogP contribution in [0.2, 0.25) is 0 Å². The summed E-state index contributed by atoms with van der Waals surface area (Å²) in [6.07, 6.45) is 3.49. The van der Waals surface area contributed by atoms with Crippen LogP contribution in [0.5, 0.6) is 11.5 Å². The van der Waals surface area contributed by atoms with E-state index in [4.69, 9.17) is 9.47 Å². The lowest BCUT2D eigenvalue weighted by Crippen LogP contribution is -2.25. The molecule has 0 radical (unpaired) electrons. The van der Waals surface area contributed by atoms with E-state index in [9.17, 15) is 4.79 Å². The summed E-state index contributed by atoms with van der Waals surface area (Å²) in [5, 5.41) is 5.13. The predicted molar refractivity (Wildman–Crippen MR) is 111 cm³/mol. The normalized spacial score (nSPS) is 11.7. The van der Waals surface area contributed by atoms with Crippen molar-refractivity contribution in [2.24, 2.45) is 5.10 Å². The van der Waals surface area contributed by atoms with Gasteiger partial charge in [0, 0.05) is 17.3 Å². The molecule has 0 bridgehead atoms. The smallest absolute Gasteiger partial charge is 0.277 e. The van der Waals surface area contributed by atoms with Gasteiger partial charge < -0.3 is 14.5 Å². The fourth-order valence-corrected chi connectivity index (χ4v) is 2.85. The molecule has 0 unspecified atom stereocenters. The van der Waals surface area contributed by atoms with E-state index in [2.05, 4.69) is 36.3 Å². The number of hydrogen-bond donors (Lipinski definition) is 2. The molecule has 1 aromatic heterocycles. The van der Waals surface area contributed by atoms with Crippen molar-refractivity contribution in [3.63, 3.8) is 0 Å². The lowest BCUT2D eigenvalue weighted by molar-refractivity contribution is -0.123. The van der Waals surface area contributed by atoms with Crippen LogP contribution >= 0.6 is 0 Å². The predicted octanol–water partition coefficient (Wildman–Crippen LogP) is 4.00. The van der Waals surface area contributed by atoms with Gasteiger partial charge in [0.05, 0.1) is 13.3 Å². The Hall–Kier alpha value is -3.28. The number of ether oxygens (including phenoxy) is 2. The summed E-state index contributed by atoms with van der Waals surface area (Å²) in [6.45, 7) is 6.13. The summed E-state index contributed by atoms with van der Waals surface area (Å²) in [7, 11) is 1.63. The molecule has 0 fully saturated rings. The Labute approximate surface area is 164 Å². The highest BCUT2D eigenvalue weighted by molar-refractivity contribution is 5.89. The van der Waals surface area contributed by atoms with Crippen molar-refractivity contribution in [2.75, 3.05) is 13.7 Å². The molecule has 0 spiro atoms. The van der Waals surface area contributed by atoms with Gasteiger partial charge in [0.25, 0.3) is 5.91 Å². The molecular formula is C22H25N3O3. The van der Waals surface area contributed by atoms with Crippen LogP contribution < -0.4 is 14.9 Å². The second kappa shape index (κ2) is 8.17. The molecule has 0 aliphatic heterocycles. The van der Waals surface area contributed by atoms with Gasteiger partial charge in [-0.2, -0.15) is 5.10 Å². The molecule has 2 aromatic carbocycles. The minimum Gasteiger partial charge on any atom is -0.497 e. The fraction of sp³-hybridized carbons (Fsp3) is 0.273. The third kappa shape index (κ3) is 4.71. The quantitative estimate of drug-likeness (QED) is 0.502. The molecule has 3 rings (SSSR count). The van der Waals surface area contributed by atoms with Gasteiger partial charge in [-0.25, -0.2) is 5.43 Å². The van der Waals surface area contributed by atoms with Crippen LogP contribution in [0.4, 0.5) is 0 Å². The second-order valence-electron chi connectivity index (χ2n) is 7.52. The monoisotopic (exact) mass is 379 g/mol. The number of aromatic nitrogens is 1. The molecule has 0 aliphatic carbocycles. The molecule has 1 heterocycles. The van der Waals surface area contributed by atoms with Gasteiger partial charge in [-0.05, 0) is 46.7 Å². The van der Waals surface area contributed by atoms with E-state index in [0.29, 0.717) is 5.75 Å². The van der Waals surface area contributed by atoms with E-state index in [0.717, 1.165) is 27.8 Å². The molecule has 6 heteroatoms. The molecule has 0 atom stereocenters. The van der Waals surface area contributed by atoms with Gasteiger partial charge in [0.2, 0.25) is 0 Å². The van der Waals surface area contributed by atoms with E-state index in [1.807, 2.05) is 48.7 Å². The van der Waals surface area contributed by atoms with Crippen LogP contribution in [-0.2, 0) is 10.2 Å². The van der Waals surface area contributed by atoms with Crippen molar-refractivity contribution in [3.05, 3.63) is 59.8 Å². The summed E-state index contributed by atoms with van der Waals surface area (Å²) in [5.74, 6) is 1.09. The first-order valence-corrected chi connectivity index (χ1v) is 9.07. The zero-order chi connectivity index (χ0) is 20.1. The maximum Gasteiger partial charge on any atom is 0.277 e. The highest BCUT2D eigenvalue weighted by Gasteiger charge is 2.20. The number of amides is 1. The number of aromatic amines is 1. The number of carbonyl (C=O) groups excluding carboxylic acids is 1. The number of H-pyrrole nitrogens is 1. The van der Waals surface area contributed by atoms with Crippen LogP contribution in [0.25, 0.3) is 10.9 Å². The molecular weight excluding hydrogens is 354 g/mol. The molecule has 28 heavy (non-hydrogen) atoms. The van der Waals surface area contributed by atoms with Crippen molar-refractivity contribution < 1.29 is 14.3 Å². The van der Waals surface area contributed by atoms with Gasteiger partial charge >= 0.3 is 0 Å². The molecule has 2 N–H and O–H groups in total. The first kappa shape index (κ1) is 19.5. The maximum atomic E-state index is 12.1. The summed E-state index contributed by atoms with van der Waals surface area (Å²) in [4.78, 5) is 15.2. The Bertz CT molecular complexity index is 1000. The fourth-order valence-electron chi connectivity index (χ4n) is 2.85. The lowest BCUT2D eigenvalue weighted by Gasteiger charge is -2.23. The third-order valence-corrected chi connectivity index (χ3v) is 4.34. The Kier molecular flexibility index (Phi) is 5.68. The molecule has 0 saturated carbocycles. The number of nitrogens with zero attached hydrogens (tertiary/aromatic N) is 1. The molecule has 0 saturated heterocycles. The van der Waals surface area contributed by atoms with Gasteiger partial charge in [-0.3, -0.25) is 4.79 Å². The summed E-state index contributed by atoms with van der Waals surface area (Å²) < 4.78 is 11.0. The molecule has 0 aliphatic rings. The maximum absolute atomic E-state index is 12.1. The van der Waals surface area contributed by atoms with Crippen molar-refractivity contribution >= 4 is 23.0 Å². The number of hydrazone groups is 1. The molecule has 6 nitrogen and oxygen atoms in total. The number of hydrogen-bond acceptors (Lipinski definition) is 4. The molecule has 3 aromatic rings. The van der Waals surface area contributed by atoms with Crippen LogP contribution in [-0.4, -0.2) is 30.8 Å². The van der Waals surface area contributed by atoms with Gasteiger partial charge in [0.15, 0.2) is 6.61 Å². The largest absolute Gasteiger partial charge is 0.497 e. The van der Waals surface area contributed by atoms with E-state index >= 15 is 0 Å². The van der Waals surface area contributed by atoms with Gasteiger partial charge in [0.1, 0.15) is 11.5 Å². The Balaban J connectivity index is 1.59. The van der Waals surface area contributed by atoms with E-state index in [1.165, 1.54) is 0 Å². The molecule has 1 amide bonds. The highest BCUT2D eigenvalue weighted by atomic mass is 16.5. The summed E-state index contributed by atoms with van der Waals surface area (Å²) in [6, 6.07) is 13.5. The number of nitrogens with one attached hydrogen (secondary N) is 2. The Morgan fingerprint density at radius 1 is 1.18 bits per heavy atom. The number of methoxy groups -OCH3 is 1. The number of benzene rings is 2. The average Bonchev–Trinajstić information content (AvgIpc) is 3.13. The van der Waals surface area contributed by atoms with E-state index in [-0.39, 0.29) is 17.9 Å². The molecule has 146 valence electrons.